The van der Waals surface area contributed by atoms with Crippen LogP contribution in [0.3, 0.4) is 0 Å². The second-order valence-electron chi connectivity index (χ2n) is 4.14. The summed E-state index contributed by atoms with van der Waals surface area (Å²) in [7, 11) is 1.81. The Bertz CT molecular complexity index is 239. The Balaban J connectivity index is 1.94. The van der Waals surface area contributed by atoms with Gasteiger partial charge in [-0.2, -0.15) is 0 Å². The molecule has 0 bridgehead atoms. The van der Waals surface area contributed by atoms with Crippen LogP contribution < -0.4 is 0 Å². The molecule has 2 saturated heterocycles. The van der Waals surface area contributed by atoms with Crippen LogP contribution in [0.25, 0.3) is 0 Å². The van der Waals surface area contributed by atoms with Crippen LogP contribution >= 0.6 is 0 Å². The monoisotopic (exact) mass is 185 g/mol. The molecule has 0 aromatic heterocycles. The van der Waals surface area contributed by atoms with E-state index >= 15 is 0 Å². The smallest absolute Gasteiger partial charge is 0.224 e. The van der Waals surface area contributed by atoms with Crippen molar-refractivity contribution in [1.29, 1.82) is 0 Å². The third-order valence-corrected chi connectivity index (χ3v) is 2.73. The minimum atomic E-state index is -0.482. The Hall–Kier alpha value is -0.610. The maximum Gasteiger partial charge on any atom is 0.224 e. The highest BCUT2D eigenvalue weighted by Gasteiger charge is 2.45. The van der Waals surface area contributed by atoms with Crippen molar-refractivity contribution in [3.8, 4) is 0 Å². The lowest BCUT2D eigenvalue weighted by molar-refractivity contribution is -0.165. The van der Waals surface area contributed by atoms with Gasteiger partial charge in [0.2, 0.25) is 5.91 Å². The summed E-state index contributed by atoms with van der Waals surface area (Å²) in [6.07, 6.45) is 0.651. The predicted molar refractivity (Wildman–Crippen MR) is 46.1 cm³/mol. The Labute approximate surface area is 77.8 Å². The number of amides is 1. The van der Waals surface area contributed by atoms with Gasteiger partial charge in [0.05, 0.1) is 12.6 Å². The molecule has 13 heavy (non-hydrogen) atoms. The van der Waals surface area contributed by atoms with Crippen LogP contribution in [0.1, 0.15) is 20.3 Å². The van der Waals surface area contributed by atoms with Crippen LogP contribution in [-0.4, -0.2) is 42.4 Å². The summed E-state index contributed by atoms with van der Waals surface area (Å²) >= 11 is 0. The van der Waals surface area contributed by atoms with Crippen LogP contribution in [0.2, 0.25) is 0 Å². The maximum absolute atomic E-state index is 11.0. The van der Waals surface area contributed by atoms with Crippen molar-refractivity contribution in [2.75, 3.05) is 13.7 Å². The molecule has 0 spiro atoms. The highest BCUT2D eigenvalue weighted by atomic mass is 16.7. The number of hydrogen-bond donors (Lipinski definition) is 0. The zero-order valence-electron chi connectivity index (χ0n) is 8.24. The molecule has 2 atom stereocenters. The standard InChI is InChI=1S/C9H15NO3/c1-9(2)12-5-7(13-9)6-4-8(11)10(6)3/h6-7H,4-5H2,1-3H3/t6-,7+/m1/s1. The van der Waals surface area contributed by atoms with E-state index in [-0.39, 0.29) is 18.1 Å². The SMILES string of the molecule is CN1C(=O)C[C@@H]1[C@@H]1COC(C)(C)O1. The number of likely N-dealkylation sites (N-methyl/N-ethyl adjacent to an activating group) is 1. The van der Waals surface area contributed by atoms with E-state index in [1.807, 2.05) is 20.9 Å². The Morgan fingerprint density at radius 3 is 2.62 bits per heavy atom. The normalized spacial score (nSPS) is 37.8. The summed E-state index contributed by atoms with van der Waals surface area (Å²) < 4.78 is 11.1. The molecule has 4 heteroatoms. The van der Waals surface area contributed by atoms with Gasteiger partial charge in [-0.1, -0.05) is 0 Å². The van der Waals surface area contributed by atoms with Gasteiger partial charge in [0.15, 0.2) is 5.79 Å². The largest absolute Gasteiger partial charge is 0.348 e. The molecule has 0 aromatic rings. The van der Waals surface area contributed by atoms with Crippen LogP contribution in [0.5, 0.6) is 0 Å². The average molecular weight is 185 g/mol. The molecule has 0 radical (unpaired) electrons. The van der Waals surface area contributed by atoms with Gasteiger partial charge in [0, 0.05) is 13.5 Å². The first kappa shape index (κ1) is 8.97. The minimum Gasteiger partial charge on any atom is -0.348 e. The van der Waals surface area contributed by atoms with Crippen LogP contribution in [0, 0.1) is 0 Å². The van der Waals surface area contributed by atoms with Crippen molar-refractivity contribution >= 4 is 5.91 Å². The summed E-state index contributed by atoms with van der Waals surface area (Å²) in [4.78, 5) is 12.7. The first-order chi connectivity index (χ1) is 5.99. The van der Waals surface area contributed by atoms with Crippen molar-refractivity contribution in [2.24, 2.45) is 0 Å². The van der Waals surface area contributed by atoms with Gasteiger partial charge in [0.1, 0.15) is 6.10 Å². The van der Waals surface area contributed by atoms with Gasteiger partial charge in [0.25, 0.3) is 0 Å². The van der Waals surface area contributed by atoms with E-state index in [0.717, 1.165) is 0 Å². The molecule has 0 saturated carbocycles. The van der Waals surface area contributed by atoms with Gasteiger partial charge in [-0.15, -0.1) is 0 Å². The summed E-state index contributed by atoms with van der Waals surface area (Å²) in [6, 6.07) is 0.217. The minimum absolute atomic E-state index is 0.0534. The molecule has 2 aliphatic heterocycles. The molecular weight excluding hydrogens is 170 g/mol. The molecule has 0 aromatic carbocycles. The number of likely N-dealkylation sites (tertiary alicyclic amines) is 1. The summed E-state index contributed by atoms with van der Waals surface area (Å²) in [6.45, 7) is 4.39. The summed E-state index contributed by atoms with van der Waals surface area (Å²) in [5.41, 5.74) is 0. The zero-order chi connectivity index (χ0) is 9.64. The molecule has 0 N–H and O–H groups in total. The third kappa shape index (κ3) is 1.44. The molecule has 2 rings (SSSR count). The molecule has 2 fully saturated rings. The molecule has 1 amide bonds. The van der Waals surface area contributed by atoms with Crippen molar-refractivity contribution < 1.29 is 14.3 Å². The number of carbonyl (C=O) groups excluding carboxylic acids is 1. The van der Waals surface area contributed by atoms with Crippen LogP contribution in [0.15, 0.2) is 0 Å². The summed E-state index contributed by atoms with van der Waals surface area (Å²) in [5, 5.41) is 0. The first-order valence-electron chi connectivity index (χ1n) is 4.57. The lowest BCUT2D eigenvalue weighted by Gasteiger charge is -2.40. The number of nitrogens with zero attached hydrogens (tertiary/aromatic N) is 1. The molecule has 2 aliphatic rings. The quantitative estimate of drug-likeness (QED) is 0.554. The second-order valence-corrected chi connectivity index (χ2v) is 4.14. The van der Waals surface area contributed by atoms with Gasteiger partial charge in [-0.3, -0.25) is 4.79 Å². The van der Waals surface area contributed by atoms with Gasteiger partial charge < -0.3 is 14.4 Å². The predicted octanol–water partition coefficient (Wildman–Crippen LogP) is 0.369. The van der Waals surface area contributed by atoms with E-state index < -0.39 is 5.79 Å². The first-order valence-corrected chi connectivity index (χ1v) is 4.57. The van der Waals surface area contributed by atoms with E-state index in [2.05, 4.69) is 0 Å². The second kappa shape index (κ2) is 2.69. The third-order valence-electron chi connectivity index (χ3n) is 2.73. The number of rotatable bonds is 1. The highest BCUT2D eigenvalue weighted by molar-refractivity contribution is 5.83. The molecule has 4 nitrogen and oxygen atoms in total. The van der Waals surface area contributed by atoms with Gasteiger partial charge >= 0.3 is 0 Å². The molecule has 0 unspecified atom stereocenters. The Kier molecular flexibility index (Phi) is 1.85. The molecule has 2 heterocycles. The van der Waals surface area contributed by atoms with E-state index in [1.165, 1.54) is 0 Å². The number of ether oxygens (including phenoxy) is 2. The van der Waals surface area contributed by atoms with Gasteiger partial charge in [-0.05, 0) is 13.8 Å². The fourth-order valence-corrected chi connectivity index (χ4v) is 1.82. The molecule has 74 valence electrons. The maximum atomic E-state index is 11.0. The lowest BCUT2D eigenvalue weighted by atomic mass is 9.98. The van der Waals surface area contributed by atoms with Crippen molar-refractivity contribution in [1.82, 2.24) is 4.90 Å². The van der Waals surface area contributed by atoms with Crippen molar-refractivity contribution in [3.05, 3.63) is 0 Å². The summed E-state index contributed by atoms with van der Waals surface area (Å²) in [5.74, 6) is -0.289. The van der Waals surface area contributed by atoms with Crippen molar-refractivity contribution in [3.63, 3.8) is 0 Å². The number of β-lactam (4-membered cyclic amide) rings is 1. The van der Waals surface area contributed by atoms with Crippen LogP contribution in [-0.2, 0) is 14.3 Å². The highest BCUT2D eigenvalue weighted by Crippen LogP contribution is 2.31. The lowest BCUT2D eigenvalue weighted by Crippen LogP contribution is -2.56. The number of hydrogen-bond acceptors (Lipinski definition) is 3. The molecular formula is C9H15NO3. The van der Waals surface area contributed by atoms with E-state index in [9.17, 15) is 4.79 Å². The fourth-order valence-electron chi connectivity index (χ4n) is 1.82. The molecule has 0 aliphatic carbocycles. The van der Waals surface area contributed by atoms with Gasteiger partial charge in [-0.25, -0.2) is 0 Å². The van der Waals surface area contributed by atoms with E-state index in [0.29, 0.717) is 13.0 Å². The van der Waals surface area contributed by atoms with E-state index in [4.69, 9.17) is 9.47 Å². The van der Waals surface area contributed by atoms with Crippen molar-refractivity contribution in [2.45, 2.75) is 38.2 Å². The Morgan fingerprint density at radius 2 is 2.23 bits per heavy atom. The average Bonchev–Trinajstić information content (AvgIpc) is 2.40. The number of carbonyl (C=O) groups is 1. The zero-order valence-corrected chi connectivity index (χ0v) is 8.24. The Morgan fingerprint density at radius 1 is 1.54 bits per heavy atom. The van der Waals surface area contributed by atoms with Crippen LogP contribution in [0.4, 0.5) is 0 Å². The fraction of sp³-hybridized carbons (Fsp3) is 0.889. The topological polar surface area (TPSA) is 38.8 Å². The van der Waals surface area contributed by atoms with E-state index in [1.54, 1.807) is 4.90 Å².